The second-order valence-electron chi connectivity index (χ2n) is 9.04. The summed E-state index contributed by atoms with van der Waals surface area (Å²) in [5, 5.41) is 10.5. The maximum absolute atomic E-state index is 11.9. The van der Waals surface area contributed by atoms with Crippen LogP contribution in [0.5, 0.6) is 0 Å². The fourth-order valence-corrected chi connectivity index (χ4v) is 7.02. The van der Waals surface area contributed by atoms with Crippen LogP contribution in [0.2, 0.25) is 0 Å². The smallest absolute Gasteiger partial charge is 0.133 e. The Morgan fingerprint density at radius 1 is 0.913 bits per heavy atom. The summed E-state index contributed by atoms with van der Waals surface area (Å²) in [7, 11) is 0. The molecule has 7 atom stereocenters. The molecule has 4 rings (SSSR count). The van der Waals surface area contributed by atoms with E-state index in [1.165, 1.54) is 32.1 Å². The molecule has 1 N–H and O–H groups in total. The Morgan fingerprint density at radius 3 is 2.35 bits per heavy atom. The Balaban J connectivity index is 0.000000753. The van der Waals surface area contributed by atoms with Crippen LogP contribution >= 0.6 is 0 Å². The monoisotopic (exact) mass is 320 g/mol. The van der Waals surface area contributed by atoms with E-state index in [9.17, 15) is 9.90 Å². The normalized spacial score (nSPS) is 51.9. The number of carbonyl (C=O) groups is 1. The maximum atomic E-state index is 11.9. The van der Waals surface area contributed by atoms with Crippen LogP contribution in [0, 0.1) is 34.5 Å². The minimum absolute atomic E-state index is 0.0677. The molecule has 132 valence electrons. The van der Waals surface area contributed by atoms with Crippen molar-refractivity contribution in [3.8, 4) is 0 Å². The van der Waals surface area contributed by atoms with Crippen molar-refractivity contribution < 1.29 is 9.90 Å². The number of hydrogen-bond acceptors (Lipinski definition) is 2. The molecule has 0 aromatic heterocycles. The van der Waals surface area contributed by atoms with Crippen molar-refractivity contribution in [2.24, 2.45) is 34.5 Å². The van der Waals surface area contributed by atoms with E-state index < -0.39 is 0 Å². The molecule has 4 saturated carbocycles. The molecule has 7 unspecified atom stereocenters. The van der Waals surface area contributed by atoms with Crippen molar-refractivity contribution in [1.29, 1.82) is 0 Å². The van der Waals surface area contributed by atoms with Gasteiger partial charge < -0.3 is 5.11 Å². The Kier molecular flexibility index (Phi) is 4.68. The van der Waals surface area contributed by atoms with Crippen molar-refractivity contribution in [2.45, 2.75) is 91.6 Å². The fourth-order valence-electron chi connectivity index (χ4n) is 7.02. The van der Waals surface area contributed by atoms with Gasteiger partial charge in [-0.15, -0.1) is 0 Å². The highest BCUT2D eigenvalue weighted by Gasteiger charge is 2.59. The zero-order valence-electron chi connectivity index (χ0n) is 15.6. The van der Waals surface area contributed by atoms with E-state index in [-0.39, 0.29) is 11.5 Å². The number of Topliss-reactive ketones (excluding diaryl/α,β-unsaturated/α-hetero) is 1. The number of carbonyl (C=O) groups excluding carboxylic acids is 1. The number of fused-ring (bicyclic) bond motifs is 5. The lowest BCUT2D eigenvalue weighted by Gasteiger charge is -2.60. The van der Waals surface area contributed by atoms with E-state index >= 15 is 0 Å². The van der Waals surface area contributed by atoms with E-state index in [1.54, 1.807) is 0 Å². The molecule has 2 heteroatoms. The Hall–Kier alpha value is -0.370. The first kappa shape index (κ1) is 17.5. The molecular formula is C21H36O2. The predicted molar refractivity (Wildman–Crippen MR) is 94.1 cm³/mol. The van der Waals surface area contributed by atoms with Crippen LogP contribution in [0.3, 0.4) is 0 Å². The van der Waals surface area contributed by atoms with Gasteiger partial charge in [0.15, 0.2) is 0 Å². The molecule has 0 saturated heterocycles. The Morgan fingerprint density at radius 2 is 1.61 bits per heavy atom. The van der Waals surface area contributed by atoms with Crippen LogP contribution in [-0.4, -0.2) is 17.0 Å². The first-order chi connectivity index (χ1) is 10.9. The molecule has 4 aliphatic carbocycles. The molecule has 0 aromatic rings. The quantitative estimate of drug-likeness (QED) is 0.683. The van der Waals surface area contributed by atoms with Gasteiger partial charge in [-0.05, 0) is 79.4 Å². The molecule has 0 heterocycles. The van der Waals surface area contributed by atoms with Gasteiger partial charge in [-0.3, -0.25) is 4.79 Å². The molecule has 4 fully saturated rings. The van der Waals surface area contributed by atoms with Crippen LogP contribution in [0.4, 0.5) is 0 Å². The maximum Gasteiger partial charge on any atom is 0.133 e. The standard InChI is InChI=1S/C19H30O2.C2H6/c1-18-9-7-13(20)11-12(18)3-4-14-15-5-6-17(21)19(15,2)10-8-16(14)18;1-2/h12,14-17,21H,3-11H2,1-2H3;1-2H3. The topological polar surface area (TPSA) is 37.3 Å². The second kappa shape index (κ2) is 6.17. The highest BCUT2D eigenvalue weighted by atomic mass is 16.3. The number of aliphatic hydroxyl groups excluding tert-OH is 1. The third-order valence-corrected chi connectivity index (χ3v) is 8.43. The minimum Gasteiger partial charge on any atom is -0.393 e. The van der Waals surface area contributed by atoms with Gasteiger partial charge in [0.2, 0.25) is 0 Å². The summed E-state index contributed by atoms with van der Waals surface area (Å²) in [6, 6.07) is 0. The predicted octanol–water partition coefficient (Wildman–Crippen LogP) is 4.99. The lowest BCUT2D eigenvalue weighted by Crippen LogP contribution is -2.54. The number of ketones is 1. The summed E-state index contributed by atoms with van der Waals surface area (Å²) in [6.07, 6.45) is 10.0. The lowest BCUT2D eigenvalue weighted by molar-refractivity contribution is -0.141. The average Bonchev–Trinajstić information content (AvgIpc) is 2.86. The average molecular weight is 321 g/mol. The number of rotatable bonds is 0. The van der Waals surface area contributed by atoms with Gasteiger partial charge in [0, 0.05) is 12.8 Å². The van der Waals surface area contributed by atoms with Crippen molar-refractivity contribution in [3.63, 3.8) is 0 Å². The van der Waals surface area contributed by atoms with Crippen molar-refractivity contribution in [1.82, 2.24) is 0 Å². The molecule has 0 aliphatic heterocycles. The summed E-state index contributed by atoms with van der Waals surface area (Å²) in [4.78, 5) is 11.9. The van der Waals surface area contributed by atoms with Crippen molar-refractivity contribution >= 4 is 5.78 Å². The molecule has 4 aliphatic rings. The van der Waals surface area contributed by atoms with Gasteiger partial charge in [-0.25, -0.2) is 0 Å². The van der Waals surface area contributed by atoms with Gasteiger partial charge in [0.05, 0.1) is 6.10 Å². The van der Waals surface area contributed by atoms with Crippen LogP contribution in [0.25, 0.3) is 0 Å². The largest absolute Gasteiger partial charge is 0.393 e. The lowest BCUT2D eigenvalue weighted by atomic mass is 9.45. The summed E-state index contributed by atoms with van der Waals surface area (Å²) >= 11 is 0. The SMILES string of the molecule is CC.CC12CCC3C(CCC4CC(=O)CCC43C)C1CCC2O. The van der Waals surface area contributed by atoms with Gasteiger partial charge in [-0.1, -0.05) is 27.7 Å². The Labute approximate surface area is 142 Å². The van der Waals surface area contributed by atoms with Gasteiger partial charge in [0.25, 0.3) is 0 Å². The third-order valence-electron chi connectivity index (χ3n) is 8.43. The molecule has 0 radical (unpaired) electrons. The zero-order chi connectivity index (χ0) is 16.8. The van der Waals surface area contributed by atoms with Crippen LogP contribution in [-0.2, 0) is 4.79 Å². The molecule has 23 heavy (non-hydrogen) atoms. The molecule has 2 nitrogen and oxygen atoms in total. The first-order valence-electron chi connectivity index (χ1n) is 10.1. The first-order valence-corrected chi connectivity index (χ1v) is 10.1. The Bertz CT molecular complexity index is 459. The summed E-state index contributed by atoms with van der Waals surface area (Å²) < 4.78 is 0. The van der Waals surface area contributed by atoms with Gasteiger partial charge in [-0.2, -0.15) is 0 Å². The van der Waals surface area contributed by atoms with E-state index in [2.05, 4.69) is 13.8 Å². The fraction of sp³-hybridized carbons (Fsp3) is 0.952. The summed E-state index contributed by atoms with van der Waals surface area (Å²) in [5.41, 5.74) is 0.598. The van der Waals surface area contributed by atoms with Crippen LogP contribution in [0.1, 0.15) is 85.5 Å². The van der Waals surface area contributed by atoms with E-state index in [1.807, 2.05) is 13.8 Å². The molecule has 0 bridgehead atoms. The third kappa shape index (κ3) is 2.51. The highest BCUT2D eigenvalue weighted by Crippen LogP contribution is 2.65. The molecular weight excluding hydrogens is 284 g/mol. The summed E-state index contributed by atoms with van der Waals surface area (Å²) in [6.45, 7) is 8.85. The van der Waals surface area contributed by atoms with E-state index in [4.69, 9.17) is 0 Å². The minimum atomic E-state index is -0.0677. The van der Waals surface area contributed by atoms with Crippen molar-refractivity contribution in [2.75, 3.05) is 0 Å². The molecule has 0 aromatic carbocycles. The zero-order valence-corrected chi connectivity index (χ0v) is 15.6. The van der Waals surface area contributed by atoms with Gasteiger partial charge >= 0.3 is 0 Å². The number of aliphatic hydroxyl groups is 1. The van der Waals surface area contributed by atoms with Crippen LogP contribution in [0.15, 0.2) is 0 Å². The van der Waals surface area contributed by atoms with E-state index in [0.29, 0.717) is 17.1 Å². The van der Waals surface area contributed by atoms with Crippen molar-refractivity contribution in [3.05, 3.63) is 0 Å². The second-order valence-corrected chi connectivity index (χ2v) is 9.04. The van der Waals surface area contributed by atoms with E-state index in [0.717, 1.165) is 43.4 Å². The highest BCUT2D eigenvalue weighted by molar-refractivity contribution is 5.79. The summed E-state index contributed by atoms with van der Waals surface area (Å²) in [5.74, 6) is 3.52. The molecule has 0 spiro atoms. The van der Waals surface area contributed by atoms with Crippen LogP contribution < -0.4 is 0 Å². The number of hydrogen-bond donors (Lipinski definition) is 1. The molecule has 0 amide bonds. The van der Waals surface area contributed by atoms with Gasteiger partial charge in [0.1, 0.15) is 5.78 Å².